The molecule has 7 nitrogen and oxygen atoms in total. The molecule has 8 atom stereocenters. The second-order valence-corrected chi connectivity index (χ2v) is 11.3. The first-order valence-corrected chi connectivity index (χ1v) is 12.4. The summed E-state index contributed by atoms with van der Waals surface area (Å²) in [6.07, 6.45) is 3.65. The van der Waals surface area contributed by atoms with E-state index in [0.29, 0.717) is 19.3 Å². The van der Waals surface area contributed by atoms with Crippen LogP contribution < -0.4 is 0 Å². The van der Waals surface area contributed by atoms with Gasteiger partial charge in [-0.25, -0.2) is 4.39 Å². The summed E-state index contributed by atoms with van der Waals surface area (Å²) in [6.45, 7) is 7.12. The quantitative estimate of drug-likeness (QED) is 0.587. The highest BCUT2D eigenvalue weighted by atomic mass is 19.1. The number of carbonyl (C=O) groups excluding carboxylic acids is 4. The predicted molar refractivity (Wildman–Crippen MR) is 123 cm³/mol. The maximum absolute atomic E-state index is 14.5. The lowest BCUT2D eigenvalue weighted by atomic mass is 9.46. The van der Waals surface area contributed by atoms with E-state index in [1.807, 2.05) is 20.8 Å². The number of esters is 2. The van der Waals surface area contributed by atoms with Crippen LogP contribution in [0.25, 0.3) is 0 Å². The van der Waals surface area contributed by atoms with E-state index in [1.165, 1.54) is 26.2 Å². The third-order valence-electron chi connectivity index (χ3n) is 9.65. The molecule has 0 spiro atoms. The number of methoxy groups -OCH3 is 1. The molecule has 3 saturated carbocycles. The number of fused-ring (bicyclic) bond motifs is 5. The number of rotatable bonds is 5. The lowest BCUT2D eigenvalue weighted by molar-refractivity contribution is -0.203. The average molecular weight is 491 g/mol. The van der Waals surface area contributed by atoms with Crippen LogP contribution in [0.2, 0.25) is 0 Å². The van der Waals surface area contributed by atoms with Crippen LogP contribution >= 0.6 is 0 Å². The van der Waals surface area contributed by atoms with Gasteiger partial charge >= 0.3 is 11.9 Å². The molecule has 0 heterocycles. The highest BCUT2D eigenvalue weighted by Gasteiger charge is 2.72. The van der Waals surface area contributed by atoms with Crippen molar-refractivity contribution in [2.24, 2.45) is 34.5 Å². The van der Waals surface area contributed by atoms with Gasteiger partial charge in [0.25, 0.3) is 0 Å². The lowest BCUT2D eigenvalue weighted by Gasteiger charge is -2.60. The molecule has 0 unspecified atom stereocenters. The first-order valence-electron chi connectivity index (χ1n) is 12.4. The first kappa shape index (κ1) is 25.7. The van der Waals surface area contributed by atoms with Gasteiger partial charge in [-0.05, 0) is 56.6 Å². The minimum atomic E-state index is -1.43. The van der Waals surface area contributed by atoms with E-state index in [2.05, 4.69) is 4.74 Å². The maximum atomic E-state index is 14.5. The second kappa shape index (κ2) is 8.64. The summed E-state index contributed by atoms with van der Waals surface area (Å²) in [5.74, 6) is -3.58. The highest BCUT2D eigenvalue weighted by molar-refractivity contribution is 6.04. The Balaban J connectivity index is 1.70. The largest absolute Gasteiger partial charge is 0.469 e. The van der Waals surface area contributed by atoms with Crippen molar-refractivity contribution in [1.29, 1.82) is 0 Å². The fourth-order valence-corrected chi connectivity index (χ4v) is 8.28. The summed E-state index contributed by atoms with van der Waals surface area (Å²) in [5, 5.41) is 11.5. The minimum Gasteiger partial charge on any atom is -0.469 e. The smallest absolute Gasteiger partial charge is 0.307 e. The molecular formula is C27H35FO7. The van der Waals surface area contributed by atoms with Gasteiger partial charge in [-0.3, -0.25) is 19.2 Å². The summed E-state index contributed by atoms with van der Waals surface area (Å²) < 4.78 is 25.1. The van der Waals surface area contributed by atoms with Crippen molar-refractivity contribution >= 4 is 23.5 Å². The van der Waals surface area contributed by atoms with Crippen molar-refractivity contribution in [3.8, 4) is 0 Å². The van der Waals surface area contributed by atoms with Gasteiger partial charge in [-0.15, -0.1) is 0 Å². The second-order valence-electron chi connectivity index (χ2n) is 11.3. The molecule has 0 aromatic rings. The molecule has 0 aromatic heterocycles. The Hall–Kier alpha value is -2.35. The van der Waals surface area contributed by atoms with Crippen molar-refractivity contribution in [3.63, 3.8) is 0 Å². The molecule has 192 valence electrons. The van der Waals surface area contributed by atoms with Gasteiger partial charge in [-0.2, -0.15) is 0 Å². The predicted octanol–water partition coefficient (Wildman–Crippen LogP) is 3.63. The lowest BCUT2D eigenvalue weighted by Crippen LogP contribution is -2.63. The van der Waals surface area contributed by atoms with Gasteiger partial charge < -0.3 is 14.6 Å². The van der Waals surface area contributed by atoms with Crippen LogP contribution in [0.3, 0.4) is 0 Å². The number of allylic oxidation sites excluding steroid dienone is 4. The molecular weight excluding hydrogens is 455 g/mol. The van der Waals surface area contributed by atoms with E-state index in [4.69, 9.17) is 4.74 Å². The van der Waals surface area contributed by atoms with E-state index in [0.717, 1.165) is 5.57 Å². The number of ether oxygens (including phenoxy) is 2. The van der Waals surface area contributed by atoms with Gasteiger partial charge in [0.2, 0.25) is 5.78 Å². The fourth-order valence-electron chi connectivity index (χ4n) is 8.28. The summed E-state index contributed by atoms with van der Waals surface area (Å²) in [6, 6.07) is 0. The molecule has 0 aliphatic heterocycles. The number of halogens is 1. The Morgan fingerprint density at radius 1 is 1.20 bits per heavy atom. The van der Waals surface area contributed by atoms with Crippen LogP contribution in [0, 0.1) is 34.5 Å². The van der Waals surface area contributed by atoms with Crippen molar-refractivity contribution in [2.45, 2.75) is 77.9 Å². The van der Waals surface area contributed by atoms with E-state index in [1.54, 1.807) is 0 Å². The molecule has 4 aliphatic carbocycles. The molecule has 4 rings (SSSR count). The Labute approximate surface area is 205 Å². The van der Waals surface area contributed by atoms with Crippen molar-refractivity contribution in [3.05, 3.63) is 23.6 Å². The Morgan fingerprint density at radius 3 is 2.49 bits per heavy atom. The summed E-state index contributed by atoms with van der Waals surface area (Å²) >= 11 is 0. The Kier molecular flexibility index (Phi) is 6.36. The zero-order valence-corrected chi connectivity index (χ0v) is 21.1. The van der Waals surface area contributed by atoms with Gasteiger partial charge in [0.15, 0.2) is 17.2 Å². The standard InChI is InChI=1S/C27H35FO7/c1-14-10-18-17-7-6-16-11-20(30)19(28)12-25(16,3)24(17)21(31)13-26(18,4)27(14,15(2)29)35-23(33)9-8-22(32)34-5/h11-12,14,17-18,21,24,31H,6-10,13H2,1-5H3/t14-,17-,18-,21-,24+,25-,26-,27-/m0/s1. The molecule has 35 heavy (non-hydrogen) atoms. The van der Waals surface area contributed by atoms with Crippen molar-refractivity contribution in [2.75, 3.05) is 7.11 Å². The molecule has 4 aliphatic rings. The van der Waals surface area contributed by atoms with Gasteiger partial charge in [0, 0.05) is 22.7 Å². The summed E-state index contributed by atoms with van der Waals surface area (Å²) in [7, 11) is 1.24. The number of aliphatic hydroxyl groups excluding tert-OH is 1. The Morgan fingerprint density at radius 2 is 1.86 bits per heavy atom. The molecule has 8 heteroatoms. The van der Waals surface area contributed by atoms with Crippen molar-refractivity contribution < 1.29 is 38.1 Å². The van der Waals surface area contributed by atoms with Crippen LogP contribution in [-0.2, 0) is 28.7 Å². The molecule has 3 fully saturated rings. The normalized spacial score (nSPS) is 42.1. The molecule has 0 amide bonds. The van der Waals surface area contributed by atoms with E-state index >= 15 is 0 Å². The highest BCUT2D eigenvalue weighted by Crippen LogP contribution is 2.69. The number of ketones is 2. The topological polar surface area (TPSA) is 107 Å². The zero-order chi connectivity index (χ0) is 25.9. The summed E-state index contributed by atoms with van der Waals surface area (Å²) in [5.41, 5.74) is -2.21. The van der Waals surface area contributed by atoms with Crippen LogP contribution in [0.15, 0.2) is 23.6 Å². The van der Waals surface area contributed by atoms with Crippen LogP contribution in [-0.4, -0.2) is 47.4 Å². The number of hydrogen-bond acceptors (Lipinski definition) is 7. The monoisotopic (exact) mass is 490 g/mol. The third kappa shape index (κ3) is 3.62. The number of aliphatic hydroxyl groups is 1. The van der Waals surface area contributed by atoms with E-state index in [-0.39, 0.29) is 48.7 Å². The van der Waals surface area contributed by atoms with Gasteiger partial charge in [0.1, 0.15) is 0 Å². The maximum Gasteiger partial charge on any atom is 0.307 e. The Bertz CT molecular complexity index is 1030. The van der Waals surface area contributed by atoms with Gasteiger partial charge in [0.05, 0.1) is 26.1 Å². The molecule has 0 radical (unpaired) electrons. The number of Topliss-reactive ketones (excluding diaryl/α,β-unsaturated/α-hetero) is 1. The molecule has 0 saturated heterocycles. The number of hydrogen-bond donors (Lipinski definition) is 1. The van der Waals surface area contributed by atoms with Crippen molar-refractivity contribution in [1.82, 2.24) is 0 Å². The van der Waals surface area contributed by atoms with Crippen LogP contribution in [0.1, 0.15) is 66.2 Å². The molecule has 0 bridgehead atoms. The first-order chi connectivity index (χ1) is 16.3. The SMILES string of the molecule is COC(=O)CCC(=O)O[C@]1(C(C)=O)[C@@H](C)C[C@H]2[C@@H]3CCC4=CC(=O)C(F)=C[C@]4(C)[C@H]3[C@@H](O)C[C@@]21C. The summed E-state index contributed by atoms with van der Waals surface area (Å²) in [4.78, 5) is 49.6. The van der Waals surface area contributed by atoms with Gasteiger partial charge in [-0.1, -0.05) is 26.3 Å². The van der Waals surface area contributed by atoms with E-state index < -0.39 is 46.1 Å². The molecule has 1 N–H and O–H groups in total. The fraction of sp³-hybridized carbons (Fsp3) is 0.704. The van der Waals surface area contributed by atoms with Crippen LogP contribution in [0.5, 0.6) is 0 Å². The zero-order valence-electron chi connectivity index (χ0n) is 21.1. The number of carbonyl (C=O) groups is 4. The van der Waals surface area contributed by atoms with Crippen LogP contribution in [0.4, 0.5) is 4.39 Å². The van der Waals surface area contributed by atoms with E-state index in [9.17, 15) is 28.7 Å². The minimum absolute atomic E-state index is 0.0411. The average Bonchev–Trinajstić information content (AvgIpc) is 3.00. The molecule has 0 aromatic carbocycles. The third-order valence-corrected chi connectivity index (χ3v) is 9.65.